The molecule has 0 aliphatic rings. The first kappa shape index (κ1) is 14.0. The van der Waals surface area contributed by atoms with Gasteiger partial charge in [0.05, 0.1) is 31.2 Å². The Labute approximate surface area is 115 Å². The number of methoxy groups -OCH3 is 1. The van der Waals surface area contributed by atoms with Crippen LogP contribution in [0.1, 0.15) is 15.9 Å². The third-order valence-electron chi connectivity index (χ3n) is 2.75. The van der Waals surface area contributed by atoms with Gasteiger partial charge in [0.15, 0.2) is 0 Å². The molecule has 0 unspecified atom stereocenters. The van der Waals surface area contributed by atoms with Crippen molar-refractivity contribution >= 4 is 11.6 Å². The Morgan fingerprint density at radius 1 is 1.45 bits per heavy atom. The van der Waals surface area contributed by atoms with Crippen molar-refractivity contribution in [2.75, 3.05) is 12.4 Å². The van der Waals surface area contributed by atoms with Crippen molar-refractivity contribution in [1.82, 2.24) is 4.98 Å². The molecule has 1 aromatic carbocycles. The summed E-state index contributed by atoms with van der Waals surface area (Å²) in [5, 5.41) is 11.7. The van der Waals surface area contributed by atoms with Crippen LogP contribution in [0.2, 0.25) is 0 Å². The first-order chi connectivity index (χ1) is 9.65. The Bertz CT molecular complexity index is 632. The van der Waals surface area contributed by atoms with Crippen molar-refractivity contribution in [3.63, 3.8) is 0 Å². The molecule has 0 bridgehead atoms. The van der Waals surface area contributed by atoms with Crippen LogP contribution in [0.3, 0.4) is 0 Å². The van der Waals surface area contributed by atoms with Gasteiger partial charge >= 0.3 is 0 Å². The minimum Gasteiger partial charge on any atom is -0.497 e. The molecule has 1 amide bonds. The average molecular weight is 276 g/mol. The Kier molecular flexibility index (Phi) is 4.27. The van der Waals surface area contributed by atoms with Gasteiger partial charge in [-0.1, -0.05) is 0 Å². The summed E-state index contributed by atoms with van der Waals surface area (Å²) in [5.74, 6) is -0.972. The number of aliphatic hydroxyl groups excluding tert-OH is 1. The lowest BCUT2D eigenvalue weighted by atomic mass is 10.1. The fraction of sp³-hybridized carbons (Fsp3) is 0.143. The number of halogens is 1. The van der Waals surface area contributed by atoms with Crippen LogP contribution in [-0.2, 0) is 6.61 Å². The van der Waals surface area contributed by atoms with Gasteiger partial charge in [0, 0.05) is 17.8 Å². The molecule has 0 radical (unpaired) electrons. The van der Waals surface area contributed by atoms with Crippen LogP contribution in [0, 0.1) is 5.82 Å². The van der Waals surface area contributed by atoms with Crippen molar-refractivity contribution < 1.29 is 19.0 Å². The molecule has 0 aliphatic carbocycles. The highest BCUT2D eigenvalue weighted by Gasteiger charge is 2.14. The molecule has 0 aliphatic heterocycles. The highest BCUT2D eigenvalue weighted by molar-refractivity contribution is 6.04. The number of pyridine rings is 1. The molecular formula is C14H13FN2O3. The fourth-order valence-corrected chi connectivity index (χ4v) is 1.67. The molecule has 2 rings (SSSR count). The number of amides is 1. The Balaban J connectivity index is 2.24. The number of aromatic nitrogens is 1. The lowest BCUT2D eigenvalue weighted by Gasteiger charge is -2.09. The smallest absolute Gasteiger partial charge is 0.258 e. The summed E-state index contributed by atoms with van der Waals surface area (Å²) in [5.41, 5.74) is 0.732. The summed E-state index contributed by atoms with van der Waals surface area (Å²) < 4.78 is 18.6. The predicted molar refractivity (Wildman–Crippen MR) is 71.1 cm³/mol. The van der Waals surface area contributed by atoms with Gasteiger partial charge in [0.2, 0.25) is 0 Å². The molecule has 0 saturated carbocycles. The molecule has 5 nitrogen and oxygen atoms in total. The summed E-state index contributed by atoms with van der Waals surface area (Å²) in [6, 6.07) is 5.53. The van der Waals surface area contributed by atoms with E-state index in [-0.39, 0.29) is 12.2 Å². The number of carbonyl (C=O) groups is 1. The molecule has 0 saturated heterocycles. The van der Waals surface area contributed by atoms with Gasteiger partial charge in [0.25, 0.3) is 5.91 Å². The van der Waals surface area contributed by atoms with Crippen LogP contribution in [0.25, 0.3) is 0 Å². The van der Waals surface area contributed by atoms with Gasteiger partial charge in [-0.15, -0.1) is 0 Å². The van der Waals surface area contributed by atoms with E-state index in [2.05, 4.69) is 10.3 Å². The van der Waals surface area contributed by atoms with E-state index in [4.69, 9.17) is 9.84 Å². The number of anilines is 1. The number of nitrogens with one attached hydrogen (secondary N) is 1. The second-order valence-corrected chi connectivity index (χ2v) is 3.99. The summed E-state index contributed by atoms with van der Waals surface area (Å²) in [7, 11) is 1.41. The van der Waals surface area contributed by atoms with Crippen molar-refractivity contribution in [3.8, 4) is 5.75 Å². The molecule has 0 spiro atoms. The zero-order valence-electron chi connectivity index (χ0n) is 10.8. The van der Waals surface area contributed by atoms with Crippen molar-refractivity contribution in [2.45, 2.75) is 6.61 Å². The number of carbonyl (C=O) groups excluding carboxylic acids is 1. The fourth-order valence-electron chi connectivity index (χ4n) is 1.67. The van der Waals surface area contributed by atoms with E-state index in [0.717, 1.165) is 6.07 Å². The summed E-state index contributed by atoms with van der Waals surface area (Å²) in [6.07, 6.45) is 2.89. The Hall–Kier alpha value is -2.47. The molecule has 1 aromatic heterocycles. The molecule has 0 atom stereocenters. The molecule has 0 fully saturated rings. The van der Waals surface area contributed by atoms with E-state index in [1.807, 2.05) is 0 Å². The molecule has 6 heteroatoms. The van der Waals surface area contributed by atoms with Crippen molar-refractivity contribution in [1.29, 1.82) is 0 Å². The second-order valence-electron chi connectivity index (χ2n) is 3.99. The highest BCUT2D eigenvalue weighted by Crippen LogP contribution is 2.19. The Morgan fingerprint density at radius 2 is 2.25 bits per heavy atom. The predicted octanol–water partition coefficient (Wildman–Crippen LogP) is 1.97. The van der Waals surface area contributed by atoms with Crippen LogP contribution in [0.5, 0.6) is 5.75 Å². The van der Waals surface area contributed by atoms with Crippen LogP contribution in [0.4, 0.5) is 10.1 Å². The molecule has 104 valence electrons. The second kappa shape index (κ2) is 6.12. The van der Waals surface area contributed by atoms with E-state index in [0.29, 0.717) is 17.0 Å². The van der Waals surface area contributed by atoms with Gasteiger partial charge in [-0.3, -0.25) is 9.78 Å². The van der Waals surface area contributed by atoms with Crippen LogP contribution >= 0.6 is 0 Å². The molecular weight excluding hydrogens is 263 g/mol. The number of benzene rings is 1. The lowest BCUT2D eigenvalue weighted by Crippen LogP contribution is -2.15. The van der Waals surface area contributed by atoms with E-state index in [9.17, 15) is 9.18 Å². The number of aliphatic hydroxyl groups is 1. The first-order valence-corrected chi connectivity index (χ1v) is 5.84. The number of hydrogen-bond donors (Lipinski definition) is 2. The topological polar surface area (TPSA) is 71.5 Å². The van der Waals surface area contributed by atoms with E-state index < -0.39 is 11.7 Å². The Morgan fingerprint density at radius 3 is 2.90 bits per heavy atom. The largest absolute Gasteiger partial charge is 0.497 e. The van der Waals surface area contributed by atoms with E-state index in [1.165, 1.54) is 31.6 Å². The van der Waals surface area contributed by atoms with Crippen LogP contribution in [0.15, 0.2) is 36.7 Å². The highest BCUT2D eigenvalue weighted by atomic mass is 19.1. The van der Waals surface area contributed by atoms with Gasteiger partial charge in [-0.25, -0.2) is 4.39 Å². The van der Waals surface area contributed by atoms with Crippen LogP contribution < -0.4 is 10.1 Å². The zero-order chi connectivity index (χ0) is 14.5. The average Bonchev–Trinajstić information content (AvgIpc) is 2.47. The van der Waals surface area contributed by atoms with Crippen molar-refractivity contribution in [2.24, 2.45) is 0 Å². The molecule has 1 heterocycles. The summed E-state index contributed by atoms with van der Waals surface area (Å²) in [4.78, 5) is 15.9. The van der Waals surface area contributed by atoms with Gasteiger partial charge in [0.1, 0.15) is 11.6 Å². The molecule has 20 heavy (non-hydrogen) atoms. The van der Waals surface area contributed by atoms with Gasteiger partial charge in [-0.05, 0) is 18.2 Å². The lowest BCUT2D eigenvalue weighted by molar-refractivity contribution is 0.102. The minimum absolute atomic E-state index is 0.112. The van der Waals surface area contributed by atoms with Gasteiger partial charge in [-0.2, -0.15) is 0 Å². The van der Waals surface area contributed by atoms with Crippen molar-refractivity contribution in [3.05, 3.63) is 53.6 Å². The molecule has 2 N–H and O–H groups in total. The summed E-state index contributed by atoms with van der Waals surface area (Å²) >= 11 is 0. The maximum atomic E-state index is 13.8. The number of hydrogen-bond acceptors (Lipinski definition) is 4. The van der Waals surface area contributed by atoms with E-state index >= 15 is 0 Å². The first-order valence-electron chi connectivity index (χ1n) is 5.84. The third-order valence-corrected chi connectivity index (χ3v) is 2.75. The number of nitrogens with zero attached hydrogens (tertiary/aromatic N) is 1. The maximum absolute atomic E-state index is 13.8. The third kappa shape index (κ3) is 2.92. The van der Waals surface area contributed by atoms with Gasteiger partial charge < -0.3 is 15.2 Å². The summed E-state index contributed by atoms with van der Waals surface area (Å²) in [6.45, 7) is -0.247. The zero-order valence-corrected chi connectivity index (χ0v) is 10.8. The normalized spacial score (nSPS) is 10.2. The minimum atomic E-state index is -0.684. The SMILES string of the molecule is COc1ccc(C(=O)Nc2cnccc2CO)c(F)c1. The number of ether oxygens (including phenoxy) is 1. The maximum Gasteiger partial charge on any atom is 0.258 e. The standard InChI is InChI=1S/C14H13FN2O3/c1-20-10-2-3-11(12(15)6-10)14(19)17-13-7-16-5-4-9(13)8-18/h2-7,18H,8H2,1H3,(H,17,19). The molecule has 2 aromatic rings. The number of rotatable bonds is 4. The quantitative estimate of drug-likeness (QED) is 0.895. The van der Waals surface area contributed by atoms with Crippen LogP contribution in [-0.4, -0.2) is 23.1 Å². The van der Waals surface area contributed by atoms with E-state index in [1.54, 1.807) is 6.07 Å². The monoisotopic (exact) mass is 276 g/mol.